The van der Waals surface area contributed by atoms with Crippen LogP contribution in [0.25, 0.3) is 0 Å². The zero-order valence-corrected chi connectivity index (χ0v) is 11.8. The molecule has 1 aromatic carbocycles. The SMILES string of the molecule is CNc1cc(S(=O)(=O)Nc2ccc(F)cc2C#N)ccn1. The van der Waals surface area contributed by atoms with E-state index in [-0.39, 0.29) is 16.1 Å². The van der Waals surface area contributed by atoms with Gasteiger partial charge in [-0.15, -0.1) is 0 Å². The van der Waals surface area contributed by atoms with Crippen molar-refractivity contribution in [3.8, 4) is 6.07 Å². The number of aromatic nitrogens is 1. The Hall–Kier alpha value is -2.66. The molecule has 0 saturated heterocycles. The highest BCUT2D eigenvalue weighted by atomic mass is 32.2. The zero-order valence-electron chi connectivity index (χ0n) is 11.0. The summed E-state index contributed by atoms with van der Waals surface area (Å²) in [7, 11) is -2.28. The lowest BCUT2D eigenvalue weighted by Crippen LogP contribution is -2.14. The van der Waals surface area contributed by atoms with Crippen LogP contribution < -0.4 is 10.0 Å². The van der Waals surface area contributed by atoms with Gasteiger partial charge in [0.15, 0.2) is 0 Å². The molecule has 0 aliphatic heterocycles. The summed E-state index contributed by atoms with van der Waals surface area (Å²) in [4.78, 5) is 3.90. The Morgan fingerprint density at radius 1 is 1.29 bits per heavy atom. The summed E-state index contributed by atoms with van der Waals surface area (Å²) < 4.78 is 39.8. The molecule has 1 aromatic heterocycles. The van der Waals surface area contributed by atoms with Crippen LogP contribution in [0.5, 0.6) is 0 Å². The van der Waals surface area contributed by atoms with Crippen LogP contribution in [-0.2, 0) is 10.0 Å². The third-order valence-electron chi connectivity index (χ3n) is 2.64. The second-order valence-electron chi connectivity index (χ2n) is 4.03. The highest BCUT2D eigenvalue weighted by molar-refractivity contribution is 7.92. The van der Waals surface area contributed by atoms with Gasteiger partial charge in [0.1, 0.15) is 17.7 Å². The van der Waals surface area contributed by atoms with Crippen molar-refractivity contribution in [3.63, 3.8) is 0 Å². The minimum Gasteiger partial charge on any atom is -0.373 e. The summed E-state index contributed by atoms with van der Waals surface area (Å²) in [6.07, 6.45) is 1.34. The fourth-order valence-electron chi connectivity index (χ4n) is 1.62. The number of pyridine rings is 1. The van der Waals surface area contributed by atoms with E-state index in [9.17, 15) is 12.8 Å². The van der Waals surface area contributed by atoms with Gasteiger partial charge >= 0.3 is 0 Å². The number of nitriles is 1. The Balaban J connectivity index is 2.40. The lowest BCUT2D eigenvalue weighted by Gasteiger charge is -2.10. The molecule has 0 unspecified atom stereocenters. The largest absolute Gasteiger partial charge is 0.373 e. The topological polar surface area (TPSA) is 94.9 Å². The van der Waals surface area contributed by atoms with Gasteiger partial charge in [-0.2, -0.15) is 5.26 Å². The van der Waals surface area contributed by atoms with E-state index in [2.05, 4.69) is 15.0 Å². The van der Waals surface area contributed by atoms with Crippen LogP contribution in [0, 0.1) is 17.1 Å². The number of benzene rings is 1. The lowest BCUT2D eigenvalue weighted by molar-refractivity contribution is 0.601. The summed E-state index contributed by atoms with van der Waals surface area (Å²) in [6, 6.07) is 7.64. The molecule has 0 bridgehead atoms. The van der Waals surface area contributed by atoms with Crippen LogP contribution in [-0.4, -0.2) is 20.4 Å². The van der Waals surface area contributed by atoms with E-state index in [1.807, 2.05) is 0 Å². The van der Waals surface area contributed by atoms with E-state index >= 15 is 0 Å². The Kier molecular flexibility index (Phi) is 4.05. The first kappa shape index (κ1) is 14.7. The molecule has 0 aliphatic carbocycles. The van der Waals surface area contributed by atoms with Crippen LogP contribution in [0.4, 0.5) is 15.9 Å². The van der Waals surface area contributed by atoms with Crippen molar-refractivity contribution in [2.24, 2.45) is 0 Å². The molecule has 0 radical (unpaired) electrons. The minimum atomic E-state index is -3.89. The Morgan fingerprint density at radius 3 is 2.71 bits per heavy atom. The standard InChI is InChI=1S/C13H11FN4O2S/c1-16-13-7-11(4-5-17-13)21(19,20)18-12-3-2-10(14)6-9(12)8-15/h2-7,18H,1H3,(H,16,17). The van der Waals surface area contributed by atoms with Gasteiger partial charge < -0.3 is 5.32 Å². The van der Waals surface area contributed by atoms with E-state index in [4.69, 9.17) is 5.26 Å². The monoisotopic (exact) mass is 306 g/mol. The molecule has 0 amide bonds. The van der Waals surface area contributed by atoms with Crippen molar-refractivity contribution < 1.29 is 12.8 Å². The molecule has 0 saturated carbocycles. The Bertz CT molecular complexity index is 815. The summed E-state index contributed by atoms with van der Waals surface area (Å²) in [6.45, 7) is 0. The molecule has 0 fully saturated rings. The molecule has 0 spiro atoms. The minimum absolute atomic E-state index is 0.0155. The van der Waals surface area contributed by atoms with E-state index in [1.54, 1.807) is 13.1 Å². The second kappa shape index (κ2) is 5.76. The maximum atomic E-state index is 13.0. The molecule has 1 heterocycles. The summed E-state index contributed by atoms with van der Waals surface area (Å²) in [5.74, 6) is -0.228. The van der Waals surface area contributed by atoms with Crippen molar-refractivity contribution >= 4 is 21.5 Å². The average Bonchev–Trinajstić information content (AvgIpc) is 2.49. The first-order chi connectivity index (χ1) is 9.96. The first-order valence-electron chi connectivity index (χ1n) is 5.82. The van der Waals surface area contributed by atoms with E-state index in [1.165, 1.54) is 24.4 Å². The number of anilines is 2. The fraction of sp³-hybridized carbons (Fsp3) is 0.0769. The Morgan fingerprint density at radius 2 is 2.05 bits per heavy atom. The lowest BCUT2D eigenvalue weighted by atomic mass is 10.2. The van der Waals surface area contributed by atoms with Crippen LogP contribution in [0.3, 0.4) is 0 Å². The second-order valence-corrected chi connectivity index (χ2v) is 5.72. The molecule has 2 rings (SSSR count). The van der Waals surface area contributed by atoms with Gasteiger partial charge in [-0.1, -0.05) is 0 Å². The third kappa shape index (κ3) is 3.27. The van der Waals surface area contributed by atoms with Gasteiger partial charge in [0.25, 0.3) is 10.0 Å². The van der Waals surface area contributed by atoms with E-state index in [0.29, 0.717) is 5.82 Å². The number of nitrogens with one attached hydrogen (secondary N) is 2. The molecule has 6 nitrogen and oxygen atoms in total. The molecule has 0 atom stereocenters. The van der Waals surface area contributed by atoms with Crippen molar-refractivity contribution in [2.45, 2.75) is 4.90 Å². The van der Waals surface area contributed by atoms with Gasteiger partial charge in [-0.3, -0.25) is 4.72 Å². The van der Waals surface area contributed by atoms with Crippen molar-refractivity contribution in [2.75, 3.05) is 17.1 Å². The molecule has 0 aliphatic rings. The molecular formula is C13H11FN4O2S. The summed E-state index contributed by atoms with van der Waals surface area (Å²) >= 11 is 0. The molecule has 8 heteroatoms. The summed E-state index contributed by atoms with van der Waals surface area (Å²) in [5.41, 5.74) is -0.0804. The number of nitrogens with zero attached hydrogens (tertiary/aromatic N) is 2. The number of rotatable bonds is 4. The number of hydrogen-bond donors (Lipinski definition) is 2. The quantitative estimate of drug-likeness (QED) is 0.900. The zero-order chi connectivity index (χ0) is 15.5. The van der Waals surface area contributed by atoms with E-state index < -0.39 is 15.8 Å². The predicted molar refractivity (Wildman–Crippen MR) is 75.7 cm³/mol. The van der Waals surface area contributed by atoms with Crippen LogP contribution in [0.15, 0.2) is 41.4 Å². The molecule has 108 valence electrons. The van der Waals surface area contributed by atoms with E-state index in [0.717, 1.165) is 12.1 Å². The normalized spacial score (nSPS) is 10.7. The molecule has 2 N–H and O–H groups in total. The molecule has 21 heavy (non-hydrogen) atoms. The number of sulfonamides is 1. The number of hydrogen-bond acceptors (Lipinski definition) is 5. The van der Waals surface area contributed by atoms with Crippen LogP contribution in [0.1, 0.15) is 5.56 Å². The maximum Gasteiger partial charge on any atom is 0.262 e. The highest BCUT2D eigenvalue weighted by Gasteiger charge is 2.17. The van der Waals surface area contributed by atoms with Gasteiger partial charge in [0, 0.05) is 19.3 Å². The highest BCUT2D eigenvalue weighted by Crippen LogP contribution is 2.21. The van der Waals surface area contributed by atoms with Crippen LogP contribution >= 0.6 is 0 Å². The maximum absolute atomic E-state index is 13.0. The predicted octanol–water partition coefficient (Wildman–Crippen LogP) is 1.93. The van der Waals surface area contributed by atoms with Gasteiger partial charge in [-0.05, 0) is 24.3 Å². The molecule has 2 aromatic rings. The van der Waals surface area contributed by atoms with Crippen molar-refractivity contribution in [1.29, 1.82) is 5.26 Å². The average molecular weight is 306 g/mol. The fourth-order valence-corrected chi connectivity index (χ4v) is 2.71. The van der Waals surface area contributed by atoms with Gasteiger partial charge in [-0.25, -0.2) is 17.8 Å². The molecular weight excluding hydrogens is 295 g/mol. The number of halogens is 1. The van der Waals surface area contributed by atoms with Crippen molar-refractivity contribution in [3.05, 3.63) is 47.9 Å². The van der Waals surface area contributed by atoms with Gasteiger partial charge in [0.2, 0.25) is 0 Å². The third-order valence-corrected chi connectivity index (χ3v) is 4.01. The van der Waals surface area contributed by atoms with Crippen molar-refractivity contribution in [1.82, 2.24) is 4.98 Å². The first-order valence-corrected chi connectivity index (χ1v) is 7.31. The summed E-state index contributed by atoms with van der Waals surface area (Å²) in [5, 5.41) is 11.6. The smallest absolute Gasteiger partial charge is 0.262 e. The van der Waals surface area contributed by atoms with Gasteiger partial charge in [0.05, 0.1) is 16.1 Å². The van der Waals surface area contributed by atoms with Crippen LogP contribution in [0.2, 0.25) is 0 Å². The Labute approximate surface area is 121 Å².